The molecular formula is C25H29FN2O6. The van der Waals surface area contributed by atoms with Crippen LogP contribution in [0.2, 0.25) is 0 Å². The Bertz CT molecular complexity index is 1160. The highest BCUT2D eigenvalue weighted by Crippen LogP contribution is 2.35. The molecular weight excluding hydrogens is 443 g/mol. The van der Waals surface area contributed by atoms with Crippen LogP contribution in [-0.2, 0) is 11.3 Å². The molecule has 0 radical (unpaired) electrons. The molecule has 1 aliphatic carbocycles. The lowest BCUT2D eigenvalue weighted by Crippen LogP contribution is -2.31. The first-order chi connectivity index (χ1) is 16.3. The first kappa shape index (κ1) is 24.0. The Morgan fingerprint density at radius 2 is 1.85 bits per heavy atom. The molecule has 1 saturated carbocycles. The molecule has 182 valence electrons. The van der Waals surface area contributed by atoms with Gasteiger partial charge in [-0.15, -0.1) is 0 Å². The van der Waals surface area contributed by atoms with Crippen molar-refractivity contribution in [2.45, 2.75) is 57.5 Å². The second-order valence-electron chi connectivity index (χ2n) is 8.59. The Labute approximate surface area is 196 Å². The molecule has 9 heteroatoms. The minimum Gasteiger partial charge on any atom is -0.496 e. The van der Waals surface area contributed by atoms with Crippen molar-refractivity contribution in [1.29, 1.82) is 0 Å². The third-order valence-corrected chi connectivity index (χ3v) is 6.39. The zero-order valence-electron chi connectivity index (χ0n) is 19.5. The molecule has 2 N–H and O–H groups in total. The standard InChI is InChI=1S/C25H29FN2O6/c1-14-19(32-2)10-16(11-20(14)33-3)24(29)21(34-17-6-4-5-7-17)13-28-12-15-8-9-18(26)22(25(30)31)23(15)27-28/h8-12,17,21,24,29H,4-7,13H2,1-3H3,(H,30,31)/t21-,24+/m0/s1. The minimum atomic E-state index is -1.38. The molecule has 8 nitrogen and oxygen atoms in total. The largest absolute Gasteiger partial charge is 0.496 e. The van der Waals surface area contributed by atoms with Gasteiger partial charge in [0.25, 0.3) is 0 Å². The van der Waals surface area contributed by atoms with Crippen molar-refractivity contribution in [2.24, 2.45) is 0 Å². The van der Waals surface area contributed by atoms with E-state index in [4.69, 9.17) is 14.2 Å². The number of hydrogen-bond donors (Lipinski definition) is 2. The number of carbonyl (C=O) groups is 1. The number of aromatic carboxylic acids is 1. The fourth-order valence-corrected chi connectivity index (χ4v) is 4.57. The van der Waals surface area contributed by atoms with Crippen molar-refractivity contribution in [1.82, 2.24) is 9.78 Å². The Morgan fingerprint density at radius 3 is 2.44 bits per heavy atom. The second kappa shape index (κ2) is 9.99. The molecule has 0 amide bonds. The molecule has 34 heavy (non-hydrogen) atoms. The van der Waals surface area contributed by atoms with Gasteiger partial charge in [0, 0.05) is 17.1 Å². The fraction of sp³-hybridized carbons (Fsp3) is 0.440. The predicted octanol–water partition coefficient (Wildman–Crippen LogP) is 4.26. The number of carboxylic acid groups (broad SMARTS) is 1. The van der Waals surface area contributed by atoms with E-state index in [2.05, 4.69) is 5.10 Å². The van der Waals surface area contributed by atoms with E-state index in [0.717, 1.165) is 37.3 Å². The van der Waals surface area contributed by atoms with Crippen molar-refractivity contribution >= 4 is 16.9 Å². The summed E-state index contributed by atoms with van der Waals surface area (Å²) in [5, 5.41) is 25.6. The lowest BCUT2D eigenvalue weighted by molar-refractivity contribution is -0.0845. The summed E-state index contributed by atoms with van der Waals surface area (Å²) in [7, 11) is 3.11. The van der Waals surface area contributed by atoms with Crippen LogP contribution in [0.3, 0.4) is 0 Å². The normalized spacial score (nSPS) is 16.0. The lowest BCUT2D eigenvalue weighted by Gasteiger charge is -2.27. The van der Waals surface area contributed by atoms with Gasteiger partial charge in [0.05, 0.1) is 26.9 Å². The van der Waals surface area contributed by atoms with Gasteiger partial charge >= 0.3 is 5.97 Å². The highest BCUT2D eigenvalue weighted by atomic mass is 19.1. The summed E-state index contributed by atoms with van der Waals surface area (Å²) in [6.45, 7) is 2.01. The summed E-state index contributed by atoms with van der Waals surface area (Å²) in [4.78, 5) is 11.6. The van der Waals surface area contributed by atoms with Crippen molar-refractivity contribution in [3.63, 3.8) is 0 Å². The maximum absolute atomic E-state index is 14.1. The van der Waals surface area contributed by atoms with Crippen molar-refractivity contribution in [3.05, 3.63) is 53.0 Å². The van der Waals surface area contributed by atoms with Gasteiger partial charge in [-0.1, -0.05) is 12.8 Å². The Hall–Kier alpha value is -3.17. The molecule has 1 heterocycles. The van der Waals surface area contributed by atoms with Crippen LogP contribution in [0, 0.1) is 12.7 Å². The SMILES string of the molecule is COc1cc([C@@H](O)[C@H](Cn2cc3ccc(F)c(C(=O)O)c3n2)OC2CCCC2)cc(OC)c1C. The number of carboxylic acids is 1. The van der Waals surface area contributed by atoms with Crippen LogP contribution in [0.5, 0.6) is 11.5 Å². The predicted molar refractivity (Wildman–Crippen MR) is 123 cm³/mol. The van der Waals surface area contributed by atoms with E-state index in [1.54, 1.807) is 32.5 Å². The van der Waals surface area contributed by atoms with Gasteiger partial charge in [0.15, 0.2) is 0 Å². The quantitative estimate of drug-likeness (QED) is 0.480. The van der Waals surface area contributed by atoms with Crippen LogP contribution in [0.4, 0.5) is 4.39 Å². The summed E-state index contributed by atoms with van der Waals surface area (Å²) < 4.78 is 32.9. The summed E-state index contributed by atoms with van der Waals surface area (Å²) in [5.41, 5.74) is 0.963. The van der Waals surface area contributed by atoms with E-state index in [0.29, 0.717) is 22.4 Å². The second-order valence-corrected chi connectivity index (χ2v) is 8.59. The van der Waals surface area contributed by atoms with Crippen LogP contribution in [0.25, 0.3) is 10.9 Å². The maximum atomic E-state index is 14.1. The maximum Gasteiger partial charge on any atom is 0.341 e. The summed E-state index contributed by atoms with van der Waals surface area (Å²) in [5.74, 6) is -1.06. The summed E-state index contributed by atoms with van der Waals surface area (Å²) >= 11 is 0. The molecule has 4 rings (SSSR count). The number of aromatic nitrogens is 2. The lowest BCUT2D eigenvalue weighted by atomic mass is 10.0. The number of aliphatic hydroxyl groups excluding tert-OH is 1. The highest BCUT2D eigenvalue weighted by Gasteiger charge is 2.29. The Morgan fingerprint density at radius 1 is 1.21 bits per heavy atom. The third kappa shape index (κ3) is 4.71. The van der Waals surface area contributed by atoms with Crippen molar-refractivity contribution < 1.29 is 33.6 Å². The van der Waals surface area contributed by atoms with E-state index in [-0.39, 0.29) is 18.2 Å². The van der Waals surface area contributed by atoms with E-state index < -0.39 is 29.6 Å². The van der Waals surface area contributed by atoms with Gasteiger partial charge in [0.1, 0.15) is 40.6 Å². The minimum absolute atomic E-state index is 0.00546. The number of rotatable bonds is 9. The number of fused-ring (bicyclic) bond motifs is 1. The van der Waals surface area contributed by atoms with Gasteiger partial charge in [0.2, 0.25) is 0 Å². The molecule has 0 bridgehead atoms. The van der Waals surface area contributed by atoms with Crippen LogP contribution in [0.15, 0.2) is 30.5 Å². The van der Waals surface area contributed by atoms with Gasteiger partial charge in [-0.3, -0.25) is 4.68 Å². The number of nitrogens with zero attached hydrogens (tertiary/aromatic N) is 2. The average molecular weight is 473 g/mol. The molecule has 1 fully saturated rings. The average Bonchev–Trinajstić information content (AvgIpc) is 3.47. The molecule has 2 aromatic carbocycles. The first-order valence-corrected chi connectivity index (χ1v) is 11.3. The van der Waals surface area contributed by atoms with Gasteiger partial charge in [-0.2, -0.15) is 5.10 Å². The molecule has 0 unspecified atom stereocenters. The van der Waals surface area contributed by atoms with Gasteiger partial charge in [-0.05, 0) is 49.6 Å². The Kier molecular flexibility index (Phi) is 7.04. The number of hydrogen-bond acceptors (Lipinski definition) is 6. The van der Waals surface area contributed by atoms with Crippen LogP contribution in [-0.4, -0.2) is 52.4 Å². The topological polar surface area (TPSA) is 103 Å². The van der Waals surface area contributed by atoms with Gasteiger partial charge in [-0.25, -0.2) is 9.18 Å². The monoisotopic (exact) mass is 472 g/mol. The fourth-order valence-electron chi connectivity index (χ4n) is 4.57. The number of methoxy groups -OCH3 is 2. The number of benzene rings is 2. The van der Waals surface area contributed by atoms with E-state index in [1.807, 2.05) is 6.92 Å². The molecule has 0 saturated heterocycles. The molecule has 1 aromatic heterocycles. The zero-order valence-corrected chi connectivity index (χ0v) is 19.5. The molecule has 3 aromatic rings. The smallest absolute Gasteiger partial charge is 0.341 e. The van der Waals surface area contributed by atoms with Crippen LogP contribution >= 0.6 is 0 Å². The Balaban J connectivity index is 1.69. The van der Waals surface area contributed by atoms with Crippen molar-refractivity contribution in [3.8, 4) is 11.5 Å². The van der Waals surface area contributed by atoms with E-state index >= 15 is 0 Å². The summed E-state index contributed by atoms with van der Waals surface area (Å²) in [6, 6.07) is 6.11. The molecule has 2 atom stereocenters. The summed E-state index contributed by atoms with van der Waals surface area (Å²) in [6.07, 6.45) is 3.85. The highest BCUT2D eigenvalue weighted by molar-refractivity contribution is 6.01. The van der Waals surface area contributed by atoms with E-state index in [9.17, 15) is 19.4 Å². The zero-order chi connectivity index (χ0) is 24.4. The number of halogens is 1. The third-order valence-electron chi connectivity index (χ3n) is 6.39. The number of ether oxygens (including phenoxy) is 3. The molecule has 0 spiro atoms. The molecule has 0 aliphatic heterocycles. The number of aliphatic hydroxyl groups is 1. The van der Waals surface area contributed by atoms with Crippen LogP contribution < -0.4 is 9.47 Å². The van der Waals surface area contributed by atoms with Crippen LogP contribution in [0.1, 0.15) is 53.3 Å². The van der Waals surface area contributed by atoms with Gasteiger partial charge < -0.3 is 24.4 Å². The first-order valence-electron chi connectivity index (χ1n) is 11.3. The van der Waals surface area contributed by atoms with Crippen molar-refractivity contribution in [2.75, 3.05) is 14.2 Å². The molecule has 1 aliphatic rings. The van der Waals surface area contributed by atoms with E-state index in [1.165, 1.54) is 10.7 Å².